The Labute approximate surface area is 154 Å². The Kier molecular flexibility index (Phi) is 4.19. The van der Waals surface area contributed by atoms with Gasteiger partial charge in [-0.05, 0) is 55.2 Å². The molecule has 0 saturated carbocycles. The summed E-state index contributed by atoms with van der Waals surface area (Å²) in [6.07, 6.45) is 2.13. The molecule has 5 nitrogen and oxygen atoms in total. The summed E-state index contributed by atoms with van der Waals surface area (Å²) in [4.78, 5) is 18.4. The molecule has 2 aromatic heterocycles. The number of fused-ring (bicyclic) bond motifs is 1. The second kappa shape index (κ2) is 6.42. The van der Waals surface area contributed by atoms with E-state index in [-0.39, 0.29) is 24.6 Å². The fourth-order valence-corrected chi connectivity index (χ4v) is 3.53. The summed E-state index contributed by atoms with van der Waals surface area (Å²) in [5, 5.41) is 10.8. The number of benzene rings is 1. The zero-order valence-electron chi connectivity index (χ0n) is 14.8. The van der Waals surface area contributed by atoms with E-state index in [0.717, 1.165) is 5.56 Å². The Morgan fingerprint density at radius 3 is 2.48 bits per heavy atom. The highest BCUT2D eigenvalue weighted by molar-refractivity contribution is 5.93. The van der Waals surface area contributed by atoms with E-state index in [1.807, 2.05) is 6.92 Å². The van der Waals surface area contributed by atoms with Gasteiger partial charge in [0.15, 0.2) is 5.69 Å². The molecule has 0 bridgehead atoms. The Hall–Kier alpha value is -2.80. The standard InChI is InChI=1S/C20H19F2N3O2/c1-13-6-9-25-16(12-13)23-17(18(25)22)19(26)24-10-7-20(27,8-11-24)14-2-4-15(21)5-3-14/h2-6,9,12,27H,7-8,10-11H2,1H3. The molecule has 0 radical (unpaired) electrons. The molecule has 1 aliphatic heterocycles. The number of amides is 1. The first-order valence-electron chi connectivity index (χ1n) is 8.79. The lowest BCUT2D eigenvalue weighted by Gasteiger charge is -2.38. The molecule has 1 N–H and O–H groups in total. The maximum atomic E-state index is 14.6. The van der Waals surface area contributed by atoms with Gasteiger partial charge in [0.05, 0.1) is 5.60 Å². The molecule has 27 heavy (non-hydrogen) atoms. The van der Waals surface area contributed by atoms with Gasteiger partial charge in [-0.25, -0.2) is 9.37 Å². The number of imidazole rings is 1. The summed E-state index contributed by atoms with van der Waals surface area (Å²) in [6, 6.07) is 9.17. The molecule has 1 aromatic carbocycles. The molecular formula is C20H19F2N3O2. The second-order valence-electron chi connectivity index (χ2n) is 7.01. The molecule has 0 spiro atoms. The summed E-state index contributed by atoms with van der Waals surface area (Å²) in [6.45, 7) is 2.40. The van der Waals surface area contributed by atoms with Crippen molar-refractivity contribution in [2.45, 2.75) is 25.4 Å². The number of nitrogens with zero attached hydrogens (tertiary/aromatic N) is 3. The van der Waals surface area contributed by atoms with Crippen LogP contribution in [0.4, 0.5) is 8.78 Å². The number of carbonyl (C=O) groups is 1. The maximum Gasteiger partial charge on any atom is 0.277 e. The van der Waals surface area contributed by atoms with Crippen LogP contribution >= 0.6 is 0 Å². The maximum absolute atomic E-state index is 14.6. The topological polar surface area (TPSA) is 57.8 Å². The Bertz CT molecular complexity index is 1010. The van der Waals surface area contributed by atoms with Gasteiger partial charge in [0, 0.05) is 19.3 Å². The quantitative estimate of drug-likeness (QED) is 0.753. The number of aliphatic hydroxyl groups is 1. The molecular weight excluding hydrogens is 352 g/mol. The van der Waals surface area contributed by atoms with E-state index < -0.39 is 17.5 Å². The highest BCUT2D eigenvalue weighted by Crippen LogP contribution is 2.33. The van der Waals surface area contributed by atoms with Gasteiger partial charge in [0.25, 0.3) is 5.91 Å². The number of halogens is 2. The first kappa shape index (κ1) is 17.6. The van der Waals surface area contributed by atoms with Gasteiger partial charge >= 0.3 is 0 Å². The minimum absolute atomic E-state index is 0.215. The normalized spacial score (nSPS) is 16.7. The van der Waals surface area contributed by atoms with Crippen molar-refractivity contribution in [3.63, 3.8) is 0 Å². The monoisotopic (exact) mass is 371 g/mol. The van der Waals surface area contributed by atoms with Gasteiger partial charge in [-0.15, -0.1) is 0 Å². The molecule has 3 heterocycles. The highest BCUT2D eigenvalue weighted by atomic mass is 19.1. The molecule has 1 aliphatic rings. The van der Waals surface area contributed by atoms with Crippen LogP contribution in [0.15, 0.2) is 42.6 Å². The van der Waals surface area contributed by atoms with Crippen LogP contribution in [0.5, 0.6) is 0 Å². The lowest BCUT2D eigenvalue weighted by atomic mass is 9.84. The number of pyridine rings is 1. The van der Waals surface area contributed by atoms with E-state index >= 15 is 0 Å². The molecule has 1 amide bonds. The van der Waals surface area contributed by atoms with Crippen molar-refractivity contribution < 1.29 is 18.7 Å². The predicted octanol–water partition coefficient (Wildman–Crippen LogP) is 3.04. The summed E-state index contributed by atoms with van der Waals surface area (Å²) in [5.41, 5.74) is 0.585. The summed E-state index contributed by atoms with van der Waals surface area (Å²) in [5.74, 6) is -1.54. The Morgan fingerprint density at radius 2 is 1.81 bits per heavy atom. The van der Waals surface area contributed by atoms with Gasteiger partial charge in [-0.1, -0.05) is 12.1 Å². The van der Waals surface area contributed by atoms with Crippen molar-refractivity contribution in [3.8, 4) is 0 Å². The third kappa shape index (κ3) is 3.08. The molecule has 7 heteroatoms. The number of likely N-dealkylation sites (tertiary alicyclic amines) is 1. The van der Waals surface area contributed by atoms with Crippen LogP contribution in [-0.4, -0.2) is 38.4 Å². The van der Waals surface area contributed by atoms with Gasteiger partial charge in [0.1, 0.15) is 11.5 Å². The minimum Gasteiger partial charge on any atom is -0.385 e. The molecule has 4 rings (SSSR count). The largest absolute Gasteiger partial charge is 0.385 e. The average Bonchev–Trinajstić information content (AvgIpc) is 2.98. The fraction of sp³-hybridized carbons (Fsp3) is 0.300. The molecule has 0 aliphatic carbocycles. The lowest BCUT2D eigenvalue weighted by molar-refractivity contribution is -0.0213. The molecule has 0 unspecified atom stereocenters. The van der Waals surface area contributed by atoms with Crippen molar-refractivity contribution in [3.05, 3.63) is 71.2 Å². The van der Waals surface area contributed by atoms with Gasteiger partial charge in [-0.2, -0.15) is 4.39 Å². The van der Waals surface area contributed by atoms with Crippen molar-refractivity contribution in [2.75, 3.05) is 13.1 Å². The zero-order chi connectivity index (χ0) is 19.2. The average molecular weight is 371 g/mol. The first-order chi connectivity index (χ1) is 12.9. The Balaban J connectivity index is 1.53. The van der Waals surface area contributed by atoms with Crippen molar-refractivity contribution in [1.29, 1.82) is 0 Å². The van der Waals surface area contributed by atoms with Crippen LogP contribution in [-0.2, 0) is 5.60 Å². The predicted molar refractivity (Wildman–Crippen MR) is 95.3 cm³/mol. The molecule has 1 fully saturated rings. The number of rotatable bonds is 2. The molecule has 140 valence electrons. The van der Waals surface area contributed by atoms with Crippen LogP contribution in [0.1, 0.15) is 34.5 Å². The molecule has 3 aromatic rings. The van der Waals surface area contributed by atoms with E-state index in [0.29, 0.717) is 24.1 Å². The summed E-state index contributed by atoms with van der Waals surface area (Å²) >= 11 is 0. The van der Waals surface area contributed by atoms with E-state index in [9.17, 15) is 18.7 Å². The second-order valence-corrected chi connectivity index (χ2v) is 7.01. The zero-order valence-corrected chi connectivity index (χ0v) is 14.8. The number of hydrogen-bond acceptors (Lipinski definition) is 3. The highest BCUT2D eigenvalue weighted by Gasteiger charge is 2.37. The summed E-state index contributed by atoms with van der Waals surface area (Å²) < 4.78 is 28.9. The third-order valence-electron chi connectivity index (χ3n) is 5.19. The van der Waals surface area contributed by atoms with E-state index in [2.05, 4.69) is 4.98 Å². The van der Waals surface area contributed by atoms with Crippen LogP contribution in [0.25, 0.3) is 5.65 Å². The molecule has 0 atom stereocenters. The summed E-state index contributed by atoms with van der Waals surface area (Å²) in [7, 11) is 0. The number of aromatic nitrogens is 2. The van der Waals surface area contributed by atoms with Gasteiger partial charge in [0.2, 0.25) is 5.95 Å². The van der Waals surface area contributed by atoms with Crippen LogP contribution in [0, 0.1) is 18.7 Å². The SMILES string of the molecule is Cc1ccn2c(F)c(C(=O)N3CCC(O)(c4ccc(F)cc4)CC3)nc2c1. The van der Waals surface area contributed by atoms with Gasteiger partial charge in [-0.3, -0.25) is 9.20 Å². The number of piperidine rings is 1. The van der Waals surface area contributed by atoms with Crippen molar-refractivity contribution in [1.82, 2.24) is 14.3 Å². The van der Waals surface area contributed by atoms with Crippen molar-refractivity contribution >= 4 is 11.6 Å². The molecule has 1 saturated heterocycles. The number of aryl methyl sites for hydroxylation is 1. The minimum atomic E-state index is -1.13. The smallest absolute Gasteiger partial charge is 0.277 e. The lowest BCUT2D eigenvalue weighted by Crippen LogP contribution is -2.45. The Morgan fingerprint density at radius 1 is 1.15 bits per heavy atom. The van der Waals surface area contributed by atoms with Crippen LogP contribution in [0.3, 0.4) is 0 Å². The van der Waals surface area contributed by atoms with E-state index in [1.54, 1.807) is 30.5 Å². The third-order valence-corrected chi connectivity index (χ3v) is 5.19. The number of carbonyl (C=O) groups excluding carboxylic acids is 1. The number of hydrogen-bond donors (Lipinski definition) is 1. The fourth-order valence-electron chi connectivity index (χ4n) is 3.53. The van der Waals surface area contributed by atoms with E-state index in [1.165, 1.54) is 21.4 Å². The van der Waals surface area contributed by atoms with Crippen molar-refractivity contribution in [2.24, 2.45) is 0 Å². The van der Waals surface area contributed by atoms with Crippen LogP contribution < -0.4 is 0 Å². The van der Waals surface area contributed by atoms with Crippen LogP contribution in [0.2, 0.25) is 0 Å². The van der Waals surface area contributed by atoms with E-state index in [4.69, 9.17) is 0 Å². The van der Waals surface area contributed by atoms with Gasteiger partial charge < -0.3 is 10.0 Å². The first-order valence-corrected chi connectivity index (χ1v) is 8.79.